The van der Waals surface area contributed by atoms with Crippen molar-refractivity contribution in [3.8, 4) is 11.1 Å². The maximum Gasteiger partial charge on any atom is 0.262 e. The fourth-order valence-electron chi connectivity index (χ4n) is 4.69. The zero-order valence-electron chi connectivity index (χ0n) is 24.5. The van der Waals surface area contributed by atoms with E-state index in [1.54, 1.807) is 67.0 Å². The Labute approximate surface area is 268 Å². The molecule has 0 bridgehead atoms. The van der Waals surface area contributed by atoms with Crippen molar-refractivity contribution in [2.24, 2.45) is 5.73 Å². The first-order chi connectivity index (χ1) is 20.7. The Hall–Kier alpha value is -4.37. The van der Waals surface area contributed by atoms with Gasteiger partial charge in [0, 0.05) is 39.7 Å². The molecule has 226 valence electrons. The van der Waals surface area contributed by atoms with Gasteiger partial charge < -0.3 is 16.4 Å². The molecule has 1 atom stereocenters. The lowest BCUT2D eigenvalue weighted by molar-refractivity contribution is -0.125. The molecule has 0 saturated carbocycles. The summed E-state index contributed by atoms with van der Waals surface area (Å²) in [5.41, 5.74) is 9.20. The number of benzene rings is 4. The number of thioether (sulfide) groups is 1. The number of hydrogen-bond acceptors (Lipinski definition) is 5. The molecule has 5 rings (SSSR count). The molecule has 0 radical (unpaired) electrons. The van der Waals surface area contributed by atoms with Crippen molar-refractivity contribution in [2.45, 2.75) is 36.0 Å². The third kappa shape index (κ3) is 7.77. The lowest BCUT2D eigenvalue weighted by Gasteiger charge is -2.20. The van der Waals surface area contributed by atoms with E-state index in [4.69, 9.17) is 5.73 Å². The summed E-state index contributed by atoms with van der Waals surface area (Å²) < 4.78 is 0. The van der Waals surface area contributed by atoms with Gasteiger partial charge in [0.1, 0.15) is 0 Å². The van der Waals surface area contributed by atoms with Crippen LogP contribution in [-0.4, -0.2) is 35.1 Å². The molecule has 1 aliphatic heterocycles. The number of nitrogens with two attached hydrogens (primary N) is 1. The van der Waals surface area contributed by atoms with Gasteiger partial charge in [-0.3, -0.25) is 19.3 Å². The van der Waals surface area contributed by atoms with Gasteiger partial charge in [0.05, 0.1) is 11.2 Å². The maximum atomic E-state index is 13.7. The maximum absolute atomic E-state index is 13.7. The van der Waals surface area contributed by atoms with Crippen molar-refractivity contribution in [3.63, 3.8) is 0 Å². The van der Waals surface area contributed by atoms with Gasteiger partial charge in [-0.1, -0.05) is 66.7 Å². The van der Waals surface area contributed by atoms with E-state index in [0.717, 1.165) is 21.7 Å². The zero-order valence-corrected chi connectivity index (χ0v) is 26.2. The molecular weight excluding hydrogens is 592 g/mol. The third-order valence-corrected chi connectivity index (χ3v) is 8.31. The molecule has 0 aromatic heterocycles. The van der Waals surface area contributed by atoms with Gasteiger partial charge in [-0.2, -0.15) is 0 Å². The largest absolute Gasteiger partial charge is 0.354 e. The second kappa shape index (κ2) is 14.4. The second-order valence-electron chi connectivity index (χ2n) is 10.9. The highest BCUT2D eigenvalue weighted by Gasteiger charge is 2.25. The number of carbonyl (C=O) groups is 3. The van der Waals surface area contributed by atoms with Crippen molar-refractivity contribution >= 4 is 53.3 Å². The molecule has 44 heavy (non-hydrogen) atoms. The van der Waals surface area contributed by atoms with Gasteiger partial charge in [-0.25, -0.2) is 0 Å². The quantitative estimate of drug-likeness (QED) is 0.197. The van der Waals surface area contributed by atoms with Gasteiger partial charge in [0.15, 0.2) is 0 Å². The summed E-state index contributed by atoms with van der Waals surface area (Å²) in [5.74, 6) is -0.611. The summed E-state index contributed by atoms with van der Waals surface area (Å²) in [5, 5.41) is 5.91. The van der Waals surface area contributed by atoms with Gasteiger partial charge >= 0.3 is 0 Å². The molecule has 9 heteroatoms. The minimum atomic E-state index is -0.937. The topological polar surface area (TPSA) is 105 Å². The standard InChI is InChI=1S/C35H34N4O3S.ClH/c1-35(2,36)34(42)37-22-20-27-21-23-39(30-14-8-9-15-31(30)43-27)33(41)25-16-18-26(19-17-25)38-32(40)29-13-7-6-12-28(29)24-10-4-3-5-11-24;/h3-19,21,23,27H,20,22,36H2,1-2H3,(H,37,42)(H,38,40);1H. The van der Waals surface area contributed by atoms with Crippen LogP contribution in [0.1, 0.15) is 41.0 Å². The van der Waals surface area contributed by atoms with E-state index in [0.29, 0.717) is 29.8 Å². The number of hydrogen-bond donors (Lipinski definition) is 3. The van der Waals surface area contributed by atoms with Crippen LogP contribution in [0, 0.1) is 0 Å². The number of nitrogens with one attached hydrogen (secondary N) is 2. The number of rotatable bonds is 8. The minimum absolute atomic E-state index is 0. The molecule has 0 saturated heterocycles. The molecular formula is C35H35ClN4O3S. The zero-order chi connectivity index (χ0) is 30.4. The van der Waals surface area contributed by atoms with Crippen molar-refractivity contribution in [1.29, 1.82) is 0 Å². The molecule has 1 unspecified atom stereocenters. The van der Waals surface area contributed by atoms with E-state index in [1.165, 1.54) is 0 Å². The molecule has 1 heterocycles. The van der Waals surface area contributed by atoms with Crippen molar-refractivity contribution in [1.82, 2.24) is 5.32 Å². The van der Waals surface area contributed by atoms with E-state index in [2.05, 4.69) is 10.6 Å². The van der Waals surface area contributed by atoms with Crippen LogP contribution in [0.25, 0.3) is 11.1 Å². The monoisotopic (exact) mass is 626 g/mol. The summed E-state index contributed by atoms with van der Waals surface area (Å²) in [6.45, 7) is 3.82. The fourth-order valence-corrected chi connectivity index (χ4v) is 5.85. The molecule has 0 spiro atoms. The molecule has 7 nitrogen and oxygen atoms in total. The Morgan fingerprint density at radius 2 is 1.52 bits per heavy atom. The number of fused-ring (bicyclic) bond motifs is 1. The smallest absolute Gasteiger partial charge is 0.262 e. The first-order valence-corrected chi connectivity index (χ1v) is 15.0. The fraction of sp³-hybridized carbons (Fsp3) is 0.171. The van der Waals surface area contributed by atoms with E-state index in [-0.39, 0.29) is 35.4 Å². The molecule has 4 aromatic carbocycles. The Kier molecular flexibility index (Phi) is 10.7. The Balaban J connectivity index is 0.00000442. The Morgan fingerprint density at radius 3 is 2.25 bits per heavy atom. The number of anilines is 2. The van der Waals surface area contributed by atoms with E-state index >= 15 is 0 Å². The van der Waals surface area contributed by atoms with Gasteiger partial charge in [0.2, 0.25) is 5.91 Å². The van der Waals surface area contributed by atoms with Crippen LogP contribution in [0.5, 0.6) is 0 Å². The predicted octanol–water partition coefficient (Wildman–Crippen LogP) is 6.91. The molecule has 0 aliphatic carbocycles. The van der Waals surface area contributed by atoms with Gasteiger partial charge in [0.25, 0.3) is 11.8 Å². The van der Waals surface area contributed by atoms with Crippen LogP contribution in [0.3, 0.4) is 0 Å². The number of para-hydroxylation sites is 1. The summed E-state index contributed by atoms with van der Waals surface area (Å²) in [6.07, 6.45) is 4.47. The second-order valence-corrected chi connectivity index (χ2v) is 12.1. The van der Waals surface area contributed by atoms with E-state index < -0.39 is 5.54 Å². The first kappa shape index (κ1) is 32.5. The average Bonchev–Trinajstić information content (AvgIpc) is 3.20. The van der Waals surface area contributed by atoms with Crippen molar-refractivity contribution < 1.29 is 14.4 Å². The van der Waals surface area contributed by atoms with E-state index in [9.17, 15) is 14.4 Å². The lowest BCUT2D eigenvalue weighted by Crippen LogP contribution is -2.49. The Bertz CT molecular complexity index is 1650. The van der Waals surface area contributed by atoms with Crippen LogP contribution in [0.2, 0.25) is 0 Å². The van der Waals surface area contributed by atoms with Crippen LogP contribution in [0.4, 0.5) is 11.4 Å². The van der Waals surface area contributed by atoms with Crippen LogP contribution in [0.15, 0.2) is 120 Å². The van der Waals surface area contributed by atoms with Crippen molar-refractivity contribution in [2.75, 3.05) is 16.8 Å². The third-order valence-electron chi connectivity index (χ3n) is 7.02. The van der Waals surface area contributed by atoms with Crippen LogP contribution >= 0.6 is 24.2 Å². The highest BCUT2D eigenvalue weighted by atomic mass is 35.5. The van der Waals surface area contributed by atoms with E-state index in [1.807, 2.05) is 78.9 Å². The SMILES string of the molecule is CC(C)(N)C(=O)NCCC1C=CN(C(=O)c2ccc(NC(=O)c3ccccc3-c3ccccc3)cc2)c2ccccc2S1.Cl. The molecule has 0 fully saturated rings. The number of nitrogens with zero attached hydrogens (tertiary/aromatic N) is 1. The summed E-state index contributed by atoms with van der Waals surface area (Å²) >= 11 is 1.65. The average molecular weight is 627 g/mol. The Morgan fingerprint density at radius 1 is 0.864 bits per heavy atom. The summed E-state index contributed by atoms with van der Waals surface area (Å²) in [6, 6.07) is 32.0. The van der Waals surface area contributed by atoms with Crippen LogP contribution < -0.4 is 21.3 Å². The minimum Gasteiger partial charge on any atom is -0.354 e. The summed E-state index contributed by atoms with van der Waals surface area (Å²) in [4.78, 5) is 41.7. The van der Waals surface area contributed by atoms with Gasteiger partial charge in [-0.15, -0.1) is 24.2 Å². The lowest BCUT2D eigenvalue weighted by atomic mass is 9.99. The molecule has 1 aliphatic rings. The number of halogens is 1. The predicted molar refractivity (Wildman–Crippen MR) is 181 cm³/mol. The summed E-state index contributed by atoms with van der Waals surface area (Å²) in [7, 11) is 0. The highest BCUT2D eigenvalue weighted by molar-refractivity contribution is 8.00. The number of carbonyl (C=O) groups excluding carboxylic acids is 3. The van der Waals surface area contributed by atoms with Crippen LogP contribution in [-0.2, 0) is 4.79 Å². The van der Waals surface area contributed by atoms with Crippen molar-refractivity contribution in [3.05, 3.63) is 127 Å². The number of amides is 3. The first-order valence-electron chi connectivity index (χ1n) is 14.1. The molecule has 4 N–H and O–H groups in total. The highest BCUT2D eigenvalue weighted by Crippen LogP contribution is 2.38. The van der Waals surface area contributed by atoms with Gasteiger partial charge in [-0.05, 0) is 73.9 Å². The molecule has 3 amide bonds. The molecule has 4 aromatic rings. The normalized spacial score (nSPS) is 14.1.